The molecule has 0 atom stereocenters. The molecule has 0 unspecified atom stereocenters. The summed E-state index contributed by atoms with van der Waals surface area (Å²) >= 11 is 0. The molecule has 0 spiro atoms. The largest absolute Gasteiger partial charge is 0.392 e. The van der Waals surface area contributed by atoms with Crippen molar-refractivity contribution in [3.05, 3.63) is 72.6 Å². The Morgan fingerprint density at radius 3 is 2.62 bits per heavy atom. The number of hydrogen-bond acceptors (Lipinski definition) is 4. The molecule has 1 aromatic heterocycles. The van der Waals surface area contributed by atoms with Crippen molar-refractivity contribution in [3.63, 3.8) is 0 Å². The van der Waals surface area contributed by atoms with E-state index in [1.807, 2.05) is 54.6 Å². The second kappa shape index (κ2) is 6.15. The van der Waals surface area contributed by atoms with Gasteiger partial charge in [0.15, 0.2) is 0 Å². The fourth-order valence-electron chi connectivity index (χ4n) is 2.06. The maximum Gasteiger partial charge on any atom is 0.149 e. The zero-order chi connectivity index (χ0) is 14.5. The predicted molar refractivity (Wildman–Crippen MR) is 83.1 cm³/mol. The van der Waals surface area contributed by atoms with Crippen LogP contribution < -0.4 is 5.32 Å². The second-order valence-electron chi connectivity index (χ2n) is 4.64. The van der Waals surface area contributed by atoms with Gasteiger partial charge in [0.25, 0.3) is 0 Å². The van der Waals surface area contributed by atoms with Gasteiger partial charge < -0.3 is 10.4 Å². The second-order valence-corrected chi connectivity index (χ2v) is 4.64. The summed E-state index contributed by atoms with van der Waals surface area (Å²) in [5.74, 6) is 0.688. The molecule has 0 aliphatic rings. The van der Waals surface area contributed by atoms with E-state index in [0.717, 1.165) is 22.5 Å². The maximum atomic E-state index is 9.21. The van der Waals surface area contributed by atoms with E-state index < -0.39 is 0 Å². The number of nitrogens with one attached hydrogen (secondary N) is 1. The average Bonchev–Trinajstić information content (AvgIpc) is 2.56. The minimum atomic E-state index is 0.0171. The monoisotopic (exact) mass is 277 g/mol. The van der Waals surface area contributed by atoms with Gasteiger partial charge in [0.2, 0.25) is 0 Å². The fourth-order valence-corrected chi connectivity index (χ4v) is 2.06. The Morgan fingerprint density at radius 2 is 1.81 bits per heavy atom. The molecule has 0 radical (unpaired) electrons. The number of benzene rings is 2. The Kier molecular flexibility index (Phi) is 3.89. The lowest BCUT2D eigenvalue weighted by atomic mass is 10.1. The van der Waals surface area contributed by atoms with Crippen molar-refractivity contribution in [1.82, 2.24) is 9.97 Å². The van der Waals surface area contributed by atoms with E-state index in [9.17, 15) is 5.11 Å². The van der Waals surface area contributed by atoms with Gasteiger partial charge in [-0.05, 0) is 23.8 Å². The van der Waals surface area contributed by atoms with E-state index in [1.165, 1.54) is 0 Å². The van der Waals surface area contributed by atoms with Crippen LogP contribution in [0.4, 0.5) is 11.5 Å². The fraction of sp³-hybridized carbons (Fsp3) is 0.0588. The third-order valence-corrected chi connectivity index (χ3v) is 3.09. The summed E-state index contributed by atoms with van der Waals surface area (Å²) in [4.78, 5) is 8.78. The van der Waals surface area contributed by atoms with Crippen molar-refractivity contribution in [1.29, 1.82) is 0 Å². The Bertz CT molecular complexity index is 729. The lowest BCUT2D eigenvalue weighted by Gasteiger charge is -2.07. The molecule has 0 saturated carbocycles. The summed E-state index contributed by atoms with van der Waals surface area (Å²) in [6.07, 6.45) is 3.40. The van der Waals surface area contributed by atoms with E-state index in [-0.39, 0.29) is 6.61 Å². The summed E-state index contributed by atoms with van der Waals surface area (Å²) in [5, 5.41) is 12.4. The SMILES string of the molecule is OCc1cccc(-c2cncc(Nc3ccccc3)n2)c1. The zero-order valence-electron chi connectivity index (χ0n) is 11.4. The first-order chi connectivity index (χ1) is 10.3. The molecule has 0 fully saturated rings. The number of rotatable bonds is 4. The highest BCUT2D eigenvalue weighted by molar-refractivity contribution is 5.63. The first-order valence-electron chi connectivity index (χ1n) is 6.69. The Labute approximate surface area is 123 Å². The number of para-hydroxylation sites is 1. The highest BCUT2D eigenvalue weighted by Gasteiger charge is 2.03. The van der Waals surface area contributed by atoms with Crippen LogP contribution in [0, 0.1) is 0 Å². The summed E-state index contributed by atoms with van der Waals surface area (Å²) in [6, 6.07) is 17.5. The molecule has 1 heterocycles. The van der Waals surface area contributed by atoms with Crippen LogP contribution in [0.1, 0.15) is 5.56 Å². The van der Waals surface area contributed by atoms with Gasteiger partial charge in [-0.25, -0.2) is 4.98 Å². The highest BCUT2D eigenvalue weighted by Crippen LogP contribution is 2.20. The lowest BCUT2D eigenvalue weighted by molar-refractivity contribution is 0.282. The van der Waals surface area contributed by atoms with E-state index >= 15 is 0 Å². The Morgan fingerprint density at radius 1 is 0.952 bits per heavy atom. The number of anilines is 2. The topological polar surface area (TPSA) is 58.0 Å². The van der Waals surface area contributed by atoms with Crippen LogP contribution in [0.25, 0.3) is 11.3 Å². The van der Waals surface area contributed by atoms with E-state index in [2.05, 4.69) is 15.3 Å². The molecule has 0 saturated heterocycles. The Hall–Kier alpha value is -2.72. The third-order valence-electron chi connectivity index (χ3n) is 3.09. The normalized spacial score (nSPS) is 10.3. The smallest absolute Gasteiger partial charge is 0.149 e. The molecule has 3 aromatic rings. The number of nitrogens with zero attached hydrogens (tertiary/aromatic N) is 2. The molecule has 4 heteroatoms. The van der Waals surface area contributed by atoms with Crippen LogP contribution in [0.5, 0.6) is 0 Å². The molecular formula is C17H15N3O. The third kappa shape index (κ3) is 3.24. The van der Waals surface area contributed by atoms with E-state index in [1.54, 1.807) is 12.4 Å². The first kappa shape index (κ1) is 13.3. The quantitative estimate of drug-likeness (QED) is 0.767. The average molecular weight is 277 g/mol. The number of hydrogen-bond donors (Lipinski definition) is 2. The van der Waals surface area contributed by atoms with Crippen molar-refractivity contribution in [2.75, 3.05) is 5.32 Å². The minimum absolute atomic E-state index is 0.0171. The van der Waals surface area contributed by atoms with Crippen molar-refractivity contribution < 1.29 is 5.11 Å². The molecule has 2 aromatic carbocycles. The maximum absolute atomic E-state index is 9.21. The summed E-state index contributed by atoms with van der Waals surface area (Å²) < 4.78 is 0. The van der Waals surface area contributed by atoms with Crippen LogP contribution in [-0.4, -0.2) is 15.1 Å². The predicted octanol–water partition coefficient (Wildman–Crippen LogP) is 3.38. The number of aliphatic hydroxyl groups is 1. The van der Waals surface area contributed by atoms with Crippen LogP contribution in [-0.2, 0) is 6.61 Å². The van der Waals surface area contributed by atoms with Gasteiger partial charge in [-0.2, -0.15) is 0 Å². The van der Waals surface area contributed by atoms with Crippen molar-refractivity contribution in [3.8, 4) is 11.3 Å². The van der Waals surface area contributed by atoms with Crippen LogP contribution in [0.3, 0.4) is 0 Å². The van der Waals surface area contributed by atoms with Gasteiger partial charge in [0, 0.05) is 11.3 Å². The molecule has 0 aliphatic heterocycles. The molecule has 21 heavy (non-hydrogen) atoms. The van der Waals surface area contributed by atoms with Crippen molar-refractivity contribution in [2.45, 2.75) is 6.61 Å². The zero-order valence-corrected chi connectivity index (χ0v) is 11.4. The van der Waals surface area contributed by atoms with Gasteiger partial charge in [0.1, 0.15) is 5.82 Å². The summed E-state index contributed by atoms with van der Waals surface area (Å²) in [5.41, 5.74) is 3.53. The van der Waals surface area contributed by atoms with Crippen molar-refractivity contribution in [2.24, 2.45) is 0 Å². The molecule has 0 bridgehead atoms. The lowest BCUT2D eigenvalue weighted by Crippen LogP contribution is -1.96. The van der Waals surface area contributed by atoms with Crippen LogP contribution in [0.2, 0.25) is 0 Å². The molecule has 0 aliphatic carbocycles. The van der Waals surface area contributed by atoms with Gasteiger partial charge in [-0.3, -0.25) is 4.98 Å². The molecule has 0 amide bonds. The van der Waals surface area contributed by atoms with Gasteiger partial charge in [0.05, 0.1) is 24.7 Å². The number of aliphatic hydroxyl groups excluding tert-OH is 1. The first-order valence-corrected chi connectivity index (χ1v) is 6.69. The minimum Gasteiger partial charge on any atom is -0.392 e. The van der Waals surface area contributed by atoms with Crippen LogP contribution in [0.15, 0.2) is 67.0 Å². The molecule has 2 N–H and O–H groups in total. The van der Waals surface area contributed by atoms with Crippen molar-refractivity contribution >= 4 is 11.5 Å². The Balaban J connectivity index is 1.89. The number of aromatic nitrogens is 2. The van der Waals surface area contributed by atoms with E-state index in [0.29, 0.717) is 5.82 Å². The van der Waals surface area contributed by atoms with Gasteiger partial charge in [-0.15, -0.1) is 0 Å². The van der Waals surface area contributed by atoms with Gasteiger partial charge in [-0.1, -0.05) is 36.4 Å². The molecule has 3 rings (SSSR count). The molecule has 4 nitrogen and oxygen atoms in total. The summed E-state index contributed by atoms with van der Waals surface area (Å²) in [7, 11) is 0. The summed E-state index contributed by atoms with van der Waals surface area (Å²) in [6.45, 7) is 0.0171. The van der Waals surface area contributed by atoms with Crippen LogP contribution >= 0.6 is 0 Å². The molecular weight excluding hydrogens is 262 g/mol. The van der Waals surface area contributed by atoms with Gasteiger partial charge >= 0.3 is 0 Å². The standard InChI is InChI=1S/C17H15N3O/c21-12-13-5-4-6-14(9-13)16-10-18-11-17(20-16)19-15-7-2-1-3-8-15/h1-11,21H,12H2,(H,19,20). The highest BCUT2D eigenvalue weighted by atomic mass is 16.3. The van der Waals surface area contributed by atoms with E-state index in [4.69, 9.17) is 0 Å². The molecule has 104 valence electrons.